The summed E-state index contributed by atoms with van der Waals surface area (Å²) in [6.07, 6.45) is 0. The van der Waals surface area contributed by atoms with Crippen molar-refractivity contribution in [1.29, 1.82) is 0 Å². The van der Waals surface area contributed by atoms with Gasteiger partial charge in [0.25, 0.3) is 0 Å². The molecule has 0 spiro atoms. The van der Waals surface area contributed by atoms with Crippen molar-refractivity contribution in [2.75, 3.05) is 5.32 Å². The zero-order valence-electron chi connectivity index (χ0n) is 9.64. The highest BCUT2D eigenvalue weighted by Crippen LogP contribution is 2.23. The number of anilines is 1. The van der Waals surface area contributed by atoms with Gasteiger partial charge in [0.2, 0.25) is 0 Å². The van der Waals surface area contributed by atoms with E-state index in [9.17, 15) is 10.2 Å². The Labute approximate surface area is 100 Å². The van der Waals surface area contributed by atoms with E-state index in [0.29, 0.717) is 6.54 Å². The number of hydrogen-bond acceptors (Lipinski definition) is 3. The first kappa shape index (κ1) is 11.3. The van der Waals surface area contributed by atoms with Crippen molar-refractivity contribution < 1.29 is 10.2 Å². The fourth-order valence-corrected chi connectivity index (χ4v) is 1.57. The van der Waals surface area contributed by atoms with Gasteiger partial charge in [0, 0.05) is 23.9 Å². The van der Waals surface area contributed by atoms with Crippen LogP contribution in [0.1, 0.15) is 11.1 Å². The molecule has 0 aliphatic heterocycles. The van der Waals surface area contributed by atoms with E-state index >= 15 is 0 Å². The molecule has 0 radical (unpaired) electrons. The van der Waals surface area contributed by atoms with Crippen molar-refractivity contribution in [3.8, 4) is 11.5 Å². The average molecular weight is 229 g/mol. The van der Waals surface area contributed by atoms with Crippen LogP contribution in [0.4, 0.5) is 5.69 Å². The summed E-state index contributed by atoms with van der Waals surface area (Å²) in [4.78, 5) is 0. The fraction of sp³-hybridized carbons (Fsp3) is 0.143. The van der Waals surface area contributed by atoms with Gasteiger partial charge < -0.3 is 15.5 Å². The third kappa shape index (κ3) is 2.91. The van der Waals surface area contributed by atoms with Crippen molar-refractivity contribution in [1.82, 2.24) is 0 Å². The van der Waals surface area contributed by atoms with E-state index in [1.54, 1.807) is 12.1 Å². The van der Waals surface area contributed by atoms with Crippen LogP contribution in [0.25, 0.3) is 0 Å². The number of hydrogen-bond donors (Lipinski definition) is 3. The first-order chi connectivity index (χ1) is 8.15. The summed E-state index contributed by atoms with van der Waals surface area (Å²) in [5.41, 5.74) is 2.97. The molecule has 0 unspecified atom stereocenters. The van der Waals surface area contributed by atoms with Crippen LogP contribution in [-0.2, 0) is 6.54 Å². The second-order valence-electron chi connectivity index (χ2n) is 4.03. The van der Waals surface area contributed by atoms with E-state index < -0.39 is 0 Å². The molecule has 3 heteroatoms. The van der Waals surface area contributed by atoms with Crippen molar-refractivity contribution in [2.24, 2.45) is 0 Å². The highest BCUT2D eigenvalue weighted by atomic mass is 16.3. The quantitative estimate of drug-likeness (QED) is 0.758. The number of benzene rings is 2. The lowest BCUT2D eigenvalue weighted by molar-refractivity contribution is 0.446. The molecule has 0 saturated heterocycles. The summed E-state index contributed by atoms with van der Waals surface area (Å²) >= 11 is 0. The maximum Gasteiger partial charge on any atom is 0.124 e. The van der Waals surface area contributed by atoms with Gasteiger partial charge >= 0.3 is 0 Å². The van der Waals surface area contributed by atoms with Crippen LogP contribution in [0.3, 0.4) is 0 Å². The minimum atomic E-state index is 0.0709. The van der Waals surface area contributed by atoms with E-state index in [0.717, 1.165) is 11.3 Å². The van der Waals surface area contributed by atoms with Gasteiger partial charge in [-0.05, 0) is 31.2 Å². The van der Waals surface area contributed by atoms with Gasteiger partial charge in [0.15, 0.2) is 0 Å². The molecule has 0 fully saturated rings. The summed E-state index contributed by atoms with van der Waals surface area (Å²) < 4.78 is 0. The van der Waals surface area contributed by atoms with E-state index in [2.05, 4.69) is 5.32 Å². The van der Waals surface area contributed by atoms with Gasteiger partial charge in [-0.15, -0.1) is 0 Å². The second kappa shape index (κ2) is 4.78. The predicted molar refractivity (Wildman–Crippen MR) is 68.3 cm³/mol. The smallest absolute Gasteiger partial charge is 0.124 e. The minimum Gasteiger partial charge on any atom is -0.508 e. The number of aromatic hydroxyl groups is 2. The van der Waals surface area contributed by atoms with Crippen LogP contribution >= 0.6 is 0 Å². The molecule has 3 nitrogen and oxygen atoms in total. The maximum atomic E-state index is 9.61. The van der Waals surface area contributed by atoms with Crippen molar-refractivity contribution in [2.45, 2.75) is 13.5 Å². The largest absolute Gasteiger partial charge is 0.508 e. The predicted octanol–water partition coefficient (Wildman–Crippen LogP) is 3.02. The molecule has 0 atom stereocenters. The molecule has 0 bridgehead atoms. The van der Waals surface area contributed by atoms with Gasteiger partial charge in [0.1, 0.15) is 11.5 Å². The van der Waals surface area contributed by atoms with Crippen LogP contribution in [0.15, 0.2) is 42.5 Å². The first-order valence-electron chi connectivity index (χ1n) is 5.46. The average Bonchev–Trinajstić information content (AvgIpc) is 2.30. The highest BCUT2D eigenvalue weighted by Gasteiger charge is 2.01. The molecule has 0 saturated carbocycles. The molecule has 0 aliphatic rings. The molecule has 0 heterocycles. The topological polar surface area (TPSA) is 52.5 Å². The minimum absolute atomic E-state index is 0.0709. The molecule has 2 aromatic rings. The molecule has 3 N–H and O–H groups in total. The van der Waals surface area contributed by atoms with Crippen LogP contribution in [0.2, 0.25) is 0 Å². The monoisotopic (exact) mass is 229 g/mol. The first-order valence-corrected chi connectivity index (χ1v) is 5.46. The Kier molecular flexibility index (Phi) is 3.19. The number of phenolic OH excluding ortho intramolecular Hbond substituents is 2. The van der Waals surface area contributed by atoms with Crippen molar-refractivity contribution >= 4 is 5.69 Å². The number of nitrogens with one attached hydrogen (secondary N) is 1. The van der Waals surface area contributed by atoms with E-state index in [1.165, 1.54) is 11.6 Å². The molecule has 17 heavy (non-hydrogen) atoms. The zero-order valence-corrected chi connectivity index (χ0v) is 9.64. The summed E-state index contributed by atoms with van der Waals surface area (Å²) in [5, 5.41) is 22.0. The lowest BCUT2D eigenvalue weighted by Crippen LogP contribution is -1.99. The van der Waals surface area contributed by atoms with Crippen molar-refractivity contribution in [3.63, 3.8) is 0 Å². The van der Waals surface area contributed by atoms with Gasteiger partial charge in [-0.2, -0.15) is 0 Å². The Morgan fingerprint density at radius 1 is 1.00 bits per heavy atom. The molecule has 0 amide bonds. The summed E-state index contributed by atoms with van der Waals surface area (Å²) in [5.74, 6) is 0.172. The summed E-state index contributed by atoms with van der Waals surface area (Å²) in [6, 6.07) is 12.6. The zero-order chi connectivity index (χ0) is 12.3. The third-order valence-electron chi connectivity index (χ3n) is 2.60. The molecule has 2 aromatic carbocycles. The standard InChI is InChI=1S/C14H15NO2/c1-10-2-5-12(6-3-10)15-9-11-4-7-13(16)8-14(11)17/h2-8,15-17H,9H2,1H3. The Morgan fingerprint density at radius 3 is 2.35 bits per heavy atom. The van der Waals surface area contributed by atoms with Gasteiger partial charge in [-0.25, -0.2) is 0 Å². The lowest BCUT2D eigenvalue weighted by Gasteiger charge is -2.08. The molecule has 2 rings (SSSR count). The van der Waals surface area contributed by atoms with Crippen LogP contribution in [0, 0.1) is 6.92 Å². The van der Waals surface area contributed by atoms with Gasteiger partial charge in [-0.1, -0.05) is 17.7 Å². The normalized spacial score (nSPS) is 10.2. The molecular weight excluding hydrogens is 214 g/mol. The highest BCUT2D eigenvalue weighted by molar-refractivity contribution is 5.47. The second-order valence-corrected chi connectivity index (χ2v) is 4.03. The summed E-state index contributed by atoms with van der Waals surface area (Å²) in [6.45, 7) is 2.56. The Morgan fingerprint density at radius 2 is 1.71 bits per heavy atom. The van der Waals surface area contributed by atoms with E-state index in [-0.39, 0.29) is 11.5 Å². The van der Waals surface area contributed by atoms with Crippen molar-refractivity contribution in [3.05, 3.63) is 53.6 Å². The van der Waals surface area contributed by atoms with Gasteiger partial charge in [-0.3, -0.25) is 0 Å². The molecule has 0 aliphatic carbocycles. The molecule has 0 aromatic heterocycles. The lowest BCUT2D eigenvalue weighted by atomic mass is 10.2. The van der Waals surface area contributed by atoms with Gasteiger partial charge in [0.05, 0.1) is 0 Å². The number of rotatable bonds is 3. The fourth-order valence-electron chi connectivity index (χ4n) is 1.57. The Balaban J connectivity index is 2.04. The third-order valence-corrected chi connectivity index (χ3v) is 2.60. The molecule has 88 valence electrons. The molecular formula is C14H15NO2. The van der Waals surface area contributed by atoms with Crippen LogP contribution in [0.5, 0.6) is 11.5 Å². The van der Waals surface area contributed by atoms with E-state index in [4.69, 9.17) is 0 Å². The Hall–Kier alpha value is -2.16. The number of phenols is 2. The van der Waals surface area contributed by atoms with E-state index in [1.807, 2.05) is 31.2 Å². The van der Waals surface area contributed by atoms with Crippen LogP contribution < -0.4 is 5.32 Å². The number of aryl methyl sites for hydroxylation is 1. The Bertz CT molecular complexity index is 506. The van der Waals surface area contributed by atoms with Crippen LogP contribution in [-0.4, -0.2) is 10.2 Å². The summed E-state index contributed by atoms with van der Waals surface area (Å²) in [7, 11) is 0. The SMILES string of the molecule is Cc1ccc(NCc2ccc(O)cc2O)cc1. The maximum absolute atomic E-state index is 9.61.